The molecule has 0 radical (unpaired) electrons. The molecule has 0 aliphatic rings. The molecule has 0 saturated heterocycles. The van der Waals surface area contributed by atoms with Crippen LogP contribution in [0.3, 0.4) is 0 Å². The van der Waals surface area contributed by atoms with E-state index < -0.39 is 5.97 Å². The quantitative estimate of drug-likeness (QED) is 0.682. The van der Waals surface area contributed by atoms with E-state index in [2.05, 4.69) is 17.1 Å². The van der Waals surface area contributed by atoms with E-state index in [1.54, 1.807) is 7.11 Å². The van der Waals surface area contributed by atoms with Crippen molar-refractivity contribution in [3.63, 3.8) is 0 Å². The summed E-state index contributed by atoms with van der Waals surface area (Å²) >= 11 is 0. The van der Waals surface area contributed by atoms with Gasteiger partial charge in [-0.2, -0.15) is 4.98 Å². The third-order valence-electron chi connectivity index (χ3n) is 2.64. The van der Waals surface area contributed by atoms with Gasteiger partial charge in [-0.05, 0) is 19.3 Å². The molecule has 0 aliphatic carbocycles. The van der Waals surface area contributed by atoms with Crippen LogP contribution in [0.4, 0.5) is 0 Å². The molecule has 1 N–H and O–H groups in total. The second-order valence-electron chi connectivity index (χ2n) is 4.16. The van der Waals surface area contributed by atoms with Crippen LogP contribution in [0.15, 0.2) is 4.52 Å². The highest BCUT2D eigenvalue weighted by molar-refractivity contribution is 5.66. The Bertz CT molecular complexity index is 365. The molecule has 1 atom stereocenters. The van der Waals surface area contributed by atoms with Crippen molar-refractivity contribution in [2.24, 2.45) is 0 Å². The number of carboxylic acids is 1. The number of aryl methyl sites for hydroxylation is 1. The lowest BCUT2D eigenvalue weighted by atomic mass is 10.2. The average Bonchev–Trinajstić information content (AvgIpc) is 2.80. The molecule has 0 saturated carbocycles. The molecule has 1 rings (SSSR count). The van der Waals surface area contributed by atoms with Crippen LogP contribution in [0.2, 0.25) is 0 Å². The van der Waals surface area contributed by atoms with Gasteiger partial charge in [-0.3, -0.25) is 4.79 Å². The topological polar surface area (TPSA) is 85.5 Å². The Morgan fingerprint density at radius 3 is 2.89 bits per heavy atom. The summed E-state index contributed by atoms with van der Waals surface area (Å²) in [7, 11) is 1.63. The number of aliphatic carboxylic acids is 1. The van der Waals surface area contributed by atoms with E-state index in [9.17, 15) is 4.79 Å². The fourth-order valence-corrected chi connectivity index (χ4v) is 1.67. The van der Waals surface area contributed by atoms with Crippen LogP contribution in [-0.2, 0) is 16.0 Å². The zero-order valence-electron chi connectivity index (χ0n) is 10.9. The first-order chi connectivity index (χ1) is 8.67. The summed E-state index contributed by atoms with van der Waals surface area (Å²) in [5, 5.41) is 12.4. The summed E-state index contributed by atoms with van der Waals surface area (Å²) in [6, 6.07) is 0. The highest BCUT2D eigenvalue weighted by Gasteiger charge is 2.16. The van der Waals surface area contributed by atoms with Crippen LogP contribution in [0, 0.1) is 0 Å². The van der Waals surface area contributed by atoms with E-state index in [4.69, 9.17) is 14.4 Å². The minimum absolute atomic E-state index is 0.119. The SMILES string of the molecule is CCCC(OC)c1noc(CCCCC(=O)O)n1. The molecule has 0 fully saturated rings. The fraction of sp³-hybridized carbons (Fsp3) is 0.750. The van der Waals surface area contributed by atoms with E-state index in [0.717, 1.165) is 19.3 Å². The minimum Gasteiger partial charge on any atom is -0.481 e. The van der Waals surface area contributed by atoms with Gasteiger partial charge in [0.05, 0.1) is 0 Å². The predicted octanol–water partition coefficient (Wildman–Crippen LogP) is 2.35. The molecule has 102 valence electrons. The number of nitrogens with zero attached hydrogens (tertiary/aromatic N) is 2. The predicted molar refractivity (Wildman–Crippen MR) is 64.1 cm³/mol. The molecule has 1 unspecified atom stereocenters. The van der Waals surface area contributed by atoms with Gasteiger partial charge in [-0.1, -0.05) is 18.5 Å². The van der Waals surface area contributed by atoms with E-state index in [1.807, 2.05) is 0 Å². The van der Waals surface area contributed by atoms with Gasteiger partial charge in [0.25, 0.3) is 0 Å². The first kappa shape index (κ1) is 14.6. The molecule has 0 spiro atoms. The van der Waals surface area contributed by atoms with Gasteiger partial charge in [-0.25, -0.2) is 0 Å². The summed E-state index contributed by atoms with van der Waals surface area (Å²) < 4.78 is 10.4. The maximum atomic E-state index is 10.3. The van der Waals surface area contributed by atoms with Crippen molar-refractivity contribution in [1.82, 2.24) is 10.1 Å². The zero-order valence-corrected chi connectivity index (χ0v) is 10.9. The van der Waals surface area contributed by atoms with Crippen LogP contribution in [0.1, 0.15) is 56.8 Å². The molecule has 0 aliphatic heterocycles. The smallest absolute Gasteiger partial charge is 0.303 e. The van der Waals surface area contributed by atoms with E-state index >= 15 is 0 Å². The second kappa shape index (κ2) is 7.81. The van der Waals surface area contributed by atoms with Crippen molar-refractivity contribution < 1.29 is 19.2 Å². The van der Waals surface area contributed by atoms with E-state index in [1.165, 1.54) is 0 Å². The first-order valence-corrected chi connectivity index (χ1v) is 6.24. The van der Waals surface area contributed by atoms with Crippen LogP contribution in [0.25, 0.3) is 0 Å². The largest absolute Gasteiger partial charge is 0.481 e. The second-order valence-corrected chi connectivity index (χ2v) is 4.16. The molecule has 1 aromatic heterocycles. The van der Waals surface area contributed by atoms with Gasteiger partial charge in [0.2, 0.25) is 11.7 Å². The van der Waals surface area contributed by atoms with Crippen molar-refractivity contribution >= 4 is 5.97 Å². The summed E-state index contributed by atoms with van der Waals surface area (Å²) in [6.45, 7) is 2.07. The number of carboxylic acid groups (broad SMARTS) is 1. The lowest BCUT2D eigenvalue weighted by Crippen LogP contribution is -2.03. The Labute approximate surface area is 106 Å². The van der Waals surface area contributed by atoms with Crippen LogP contribution in [-0.4, -0.2) is 28.3 Å². The zero-order chi connectivity index (χ0) is 13.4. The summed E-state index contributed by atoms with van der Waals surface area (Å²) in [5.74, 6) is 0.352. The third kappa shape index (κ3) is 4.83. The maximum absolute atomic E-state index is 10.3. The molecule has 0 aromatic carbocycles. The van der Waals surface area contributed by atoms with Gasteiger partial charge in [0.1, 0.15) is 6.10 Å². The molecule has 0 amide bonds. The van der Waals surface area contributed by atoms with Crippen LogP contribution >= 0.6 is 0 Å². The van der Waals surface area contributed by atoms with Gasteiger partial charge in [0.15, 0.2) is 0 Å². The average molecular weight is 256 g/mol. The number of rotatable bonds is 9. The number of ether oxygens (including phenoxy) is 1. The Kier molecular flexibility index (Phi) is 6.35. The van der Waals surface area contributed by atoms with Crippen molar-refractivity contribution in [3.8, 4) is 0 Å². The monoisotopic (exact) mass is 256 g/mol. The molecule has 1 heterocycles. The molecule has 18 heavy (non-hydrogen) atoms. The molecule has 1 aromatic rings. The number of methoxy groups -OCH3 is 1. The number of unbranched alkanes of at least 4 members (excludes halogenated alkanes) is 1. The minimum atomic E-state index is -0.774. The molecular formula is C12H20N2O4. The van der Waals surface area contributed by atoms with E-state index in [-0.39, 0.29) is 12.5 Å². The normalized spacial score (nSPS) is 12.6. The Morgan fingerprint density at radius 1 is 1.50 bits per heavy atom. The van der Waals surface area contributed by atoms with Crippen molar-refractivity contribution in [3.05, 3.63) is 11.7 Å². The van der Waals surface area contributed by atoms with Crippen molar-refractivity contribution in [1.29, 1.82) is 0 Å². The highest BCUT2D eigenvalue weighted by atomic mass is 16.5. The first-order valence-electron chi connectivity index (χ1n) is 6.24. The lowest BCUT2D eigenvalue weighted by Gasteiger charge is -2.08. The van der Waals surface area contributed by atoms with Gasteiger partial charge in [-0.15, -0.1) is 0 Å². The standard InChI is InChI=1S/C12H20N2O4/c1-3-6-9(17-2)12-13-10(18-14-12)7-4-5-8-11(15)16/h9H,3-8H2,1-2H3,(H,15,16). The fourth-order valence-electron chi connectivity index (χ4n) is 1.67. The van der Waals surface area contributed by atoms with Crippen molar-refractivity contribution in [2.75, 3.05) is 7.11 Å². The van der Waals surface area contributed by atoms with E-state index in [0.29, 0.717) is 24.6 Å². The maximum Gasteiger partial charge on any atom is 0.303 e. The molecule has 0 bridgehead atoms. The van der Waals surface area contributed by atoms with Gasteiger partial charge < -0.3 is 14.4 Å². The Balaban J connectivity index is 2.40. The third-order valence-corrected chi connectivity index (χ3v) is 2.64. The number of carbonyl (C=O) groups is 1. The number of aromatic nitrogens is 2. The van der Waals surface area contributed by atoms with Gasteiger partial charge in [0, 0.05) is 20.0 Å². The summed E-state index contributed by atoms with van der Waals surface area (Å²) in [5.41, 5.74) is 0. The lowest BCUT2D eigenvalue weighted by molar-refractivity contribution is -0.137. The van der Waals surface area contributed by atoms with Crippen LogP contribution in [0.5, 0.6) is 0 Å². The van der Waals surface area contributed by atoms with Crippen molar-refractivity contribution in [2.45, 2.75) is 51.6 Å². The number of hydrogen-bond acceptors (Lipinski definition) is 5. The Hall–Kier alpha value is -1.43. The molecular weight excluding hydrogens is 236 g/mol. The highest BCUT2D eigenvalue weighted by Crippen LogP contribution is 2.19. The molecule has 6 heteroatoms. The van der Waals surface area contributed by atoms with Gasteiger partial charge >= 0.3 is 5.97 Å². The Morgan fingerprint density at radius 2 is 2.28 bits per heavy atom. The number of hydrogen-bond donors (Lipinski definition) is 1. The summed E-state index contributed by atoms with van der Waals surface area (Å²) in [4.78, 5) is 14.6. The molecule has 6 nitrogen and oxygen atoms in total. The summed E-state index contributed by atoms with van der Waals surface area (Å²) in [6.07, 6.45) is 3.87. The van der Waals surface area contributed by atoms with Crippen LogP contribution < -0.4 is 0 Å².